The second-order valence-corrected chi connectivity index (χ2v) is 2.86. The highest BCUT2D eigenvalue weighted by molar-refractivity contribution is 5.20. The van der Waals surface area contributed by atoms with E-state index < -0.39 is 0 Å². The van der Waals surface area contributed by atoms with E-state index in [1.54, 1.807) is 0 Å². The predicted molar refractivity (Wildman–Crippen MR) is 56.2 cm³/mol. The summed E-state index contributed by atoms with van der Waals surface area (Å²) in [5, 5.41) is 0. The molecule has 1 aromatic carbocycles. The maximum atomic E-state index is 5.48. The minimum absolute atomic E-state index is 0.681. The first-order chi connectivity index (χ1) is 6.93. The average molecular weight is 195 g/mol. The molecule has 0 saturated carbocycles. The topological polar surface area (TPSA) is 30.5 Å². The lowest BCUT2D eigenvalue weighted by molar-refractivity contribution is 0.0372. The predicted octanol–water partition coefficient (Wildman–Crippen LogP) is 2.00. The van der Waals surface area contributed by atoms with Gasteiger partial charge in [-0.2, -0.15) is 0 Å². The van der Waals surface area contributed by atoms with E-state index in [2.05, 4.69) is 5.48 Å². The Bertz CT molecular complexity index is 226. The number of hydroxylamine groups is 1. The summed E-state index contributed by atoms with van der Waals surface area (Å²) in [6.07, 6.45) is 0.891. The average Bonchev–Trinajstić information content (AvgIpc) is 2.25. The van der Waals surface area contributed by atoms with Gasteiger partial charge < -0.3 is 9.57 Å². The molecule has 1 rings (SSSR count). The first-order valence-corrected chi connectivity index (χ1v) is 4.96. The zero-order chi connectivity index (χ0) is 10.1. The third-order valence-electron chi connectivity index (χ3n) is 1.65. The molecule has 0 aliphatic carbocycles. The van der Waals surface area contributed by atoms with Gasteiger partial charge in [-0.05, 0) is 12.1 Å². The quantitative estimate of drug-likeness (QED) is 0.533. The zero-order valence-corrected chi connectivity index (χ0v) is 8.53. The van der Waals surface area contributed by atoms with Gasteiger partial charge in [0, 0.05) is 13.0 Å². The van der Waals surface area contributed by atoms with Crippen molar-refractivity contribution >= 4 is 0 Å². The first kappa shape index (κ1) is 11.0. The normalized spacial score (nSPS) is 10.1. The Morgan fingerprint density at radius 1 is 1.14 bits per heavy atom. The molecule has 0 unspecified atom stereocenters. The summed E-state index contributed by atoms with van der Waals surface area (Å²) >= 11 is 0. The van der Waals surface area contributed by atoms with Crippen LogP contribution in [0.15, 0.2) is 30.3 Å². The number of ether oxygens (including phenoxy) is 1. The maximum absolute atomic E-state index is 5.48. The summed E-state index contributed by atoms with van der Waals surface area (Å²) in [7, 11) is 0. The minimum Gasteiger partial charge on any atom is -0.494 e. The second-order valence-electron chi connectivity index (χ2n) is 2.86. The van der Waals surface area contributed by atoms with Crippen LogP contribution in [0, 0.1) is 0 Å². The molecule has 1 N–H and O–H groups in total. The summed E-state index contributed by atoms with van der Waals surface area (Å²) < 4.78 is 5.48. The SMILES string of the molecule is CCNOCCCOc1ccccc1. The minimum atomic E-state index is 0.681. The van der Waals surface area contributed by atoms with Crippen LogP contribution in [-0.4, -0.2) is 19.8 Å². The molecule has 1 aromatic rings. The molecule has 0 heterocycles. The van der Waals surface area contributed by atoms with Crippen molar-refractivity contribution < 1.29 is 9.57 Å². The second kappa shape index (κ2) is 7.35. The van der Waals surface area contributed by atoms with Gasteiger partial charge in [0.1, 0.15) is 5.75 Å². The molecule has 14 heavy (non-hydrogen) atoms. The van der Waals surface area contributed by atoms with Crippen molar-refractivity contribution in [3.05, 3.63) is 30.3 Å². The number of benzene rings is 1. The van der Waals surface area contributed by atoms with E-state index >= 15 is 0 Å². The van der Waals surface area contributed by atoms with Crippen LogP contribution in [0.3, 0.4) is 0 Å². The van der Waals surface area contributed by atoms with Crippen LogP contribution < -0.4 is 10.2 Å². The fourth-order valence-electron chi connectivity index (χ4n) is 1.01. The first-order valence-electron chi connectivity index (χ1n) is 4.96. The number of para-hydroxylation sites is 1. The molecule has 0 bridgehead atoms. The van der Waals surface area contributed by atoms with Crippen LogP contribution in [0.4, 0.5) is 0 Å². The Labute approximate surface area is 85.0 Å². The van der Waals surface area contributed by atoms with Crippen molar-refractivity contribution in [1.29, 1.82) is 0 Å². The van der Waals surface area contributed by atoms with E-state index in [0.717, 1.165) is 18.7 Å². The standard InChI is InChI=1S/C11H17NO2/c1-2-12-14-10-6-9-13-11-7-4-3-5-8-11/h3-5,7-8,12H,2,6,9-10H2,1H3. The van der Waals surface area contributed by atoms with Gasteiger partial charge in [-0.25, -0.2) is 5.48 Å². The Morgan fingerprint density at radius 3 is 2.64 bits per heavy atom. The van der Waals surface area contributed by atoms with E-state index in [4.69, 9.17) is 9.57 Å². The number of rotatable bonds is 7. The van der Waals surface area contributed by atoms with Gasteiger partial charge in [0.25, 0.3) is 0 Å². The highest BCUT2D eigenvalue weighted by Crippen LogP contribution is 2.07. The highest BCUT2D eigenvalue weighted by Gasteiger charge is 1.91. The summed E-state index contributed by atoms with van der Waals surface area (Å²) in [4.78, 5) is 5.09. The zero-order valence-electron chi connectivity index (χ0n) is 8.53. The van der Waals surface area contributed by atoms with Gasteiger partial charge in [-0.3, -0.25) is 0 Å². The molecular weight excluding hydrogens is 178 g/mol. The van der Waals surface area contributed by atoms with Crippen LogP contribution in [0.5, 0.6) is 5.75 Å². The Kier molecular flexibility index (Phi) is 5.79. The Hall–Kier alpha value is -1.06. The molecule has 0 aromatic heterocycles. The monoisotopic (exact) mass is 195 g/mol. The largest absolute Gasteiger partial charge is 0.494 e. The van der Waals surface area contributed by atoms with Crippen molar-refractivity contribution in [2.45, 2.75) is 13.3 Å². The van der Waals surface area contributed by atoms with Gasteiger partial charge >= 0.3 is 0 Å². The fourth-order valence-corrected chi connectivity index (χ4v) is 1.01. The molecule has 0 atom stereocenters. The third-order valence-corrected chi connectivity index (χ3v) is 1.65. The molecule has 0 aliphatic heterocycles. The molecule has 0 aliphatic rings. The van der Waals surface area contributed by atoms with Crippen molar-refractivity contribution in [3.63, 3.8) is 0 Å². The van der Waals surface area contributed by atoms with Crippen molar-refractivity contribution in [2.75, 3.05) is 19.8 Å². The molecule has 3 nitrogen and oxygen atoms in total. The molecule has 0 spiro atoms. The van der Waals surface area contributed by atoms with Gasteiger partial charge in [0.05, 0.1) is 13.2 Å². The van der Waals surface area contributed by atoms with Crippen molar-refractivity contribution in [2.24, 2.45) is 0 Å². The van der Waals surface area contributed by atoms with Crippen molar-refractivity contribution in [1.82, 2.24) is 5.48 Å². The van der Waals surface area contributed by atoms with E-state index in [9.17, 15) is 0 Å². The van der Waals surface area contributed by atoms with Gasteiger partial charge in [0.15, 0.2) is 0 Å². The third kappa shape index (κ3) is 4.84. The number of nitrogens with one attached hydrogen (secondary N) is 1. The van der Waals surface area contributed by atoms with Gasteiger partial charge in [-0.1, -0.05) is 25.1 Å². The number of hydrogen-bond acceptors (Lipinski definition) is 3. The molecule has 0 fully saturated rings. The smallest absolute Gasteiger partial charge is 0.119 e. The number of hydrogen-bond donors (Lipinski definition) is 1. The molecule has 3 heteroatoms. The highest BCUT2D eigenvalue weighted by atomic mass is 16.6. The van der Waals surface area contributed by atoms with Gasteiger partial charge in [-0.15, -0.1) is 0 Å². The molecule has 78 valence electrons. The lowest BCUT2D eigenvalue weighted by Gasteiger charge is -2.06. The summed E-state index contributed by atoms with van der Waals surface area (Å²) in [5.74, 6) is 0.913. The Morgan fingerprint density at radius 2 is 1.93 bits per heavy atom. The van der Waals surface area contributed by atoms with E-state index in [1.807, 2.05) is 37.3 Å². The molecule has 0 amide bonds. The Balaban J connectivity index is 1.99. The fraction of sp³-hybridized carbons (Fsp3) is 0.455. The maximum Gasteiger partial charge on any atom is 0.119 e. The summed E-state index contributed by atoms with van der Waals surface area (Å²) in [5.41, 5.74) is 2.79. The van der Waals surface area contributed by atoms with Crippen LogP contribution in [0.2, 0.25) is 0 Å². The van der Waals surface area contributed by atoms with Gasteiger partial charge in [0.2, 0.25) is 0 Å². The molecular formula is C11H17NO2. The van der Waals surface area contributed by atoms with Crippen LogP contribution in [-0.2, 0) is 4.84 Å². The van der Waals surface area contributed by atoms with E-state index in [-0.39, 0.29) is 0 Å². The summed E-state index contributed by atoms with van der Waals surface area (Å²) in [6, 6.07) is 9.80. The van der Waals surface area contributed by atoms with Crippen LogP contribution in [0.1, 0.15) is 13.3 Å². The lowest BCUT2D eigenvalue weighted by Crippen LogP contribution is -2.15. The lowest BCUT2D eigenvalue weighted by atomic mass is 10.3. The van der Waals surface area contributed by atoms with Crippen LogP contribution in [0.25, 0.3) is 0 Å². The van der Waals surface area contributed by atoms with Crippen molar-refractivity contribution in [3.8, 4) is 5.75 Å². The molecule has 0 saturated heterocycles. The molecule has 0 radical (unpaired) electrons. The summed E-state index contributed by atoms with van der Waals surface area (Å²) in [6.45, 7) is 4.20. The van der Waals surface area contributed by atoms with E-state index in [0.29, 0.717) is 13.2 Å². The van der Waals surface area contributed by atoms with E-state index in [1.165, 1.54) is 0 Å². The van der Waals surface area contributed by atoms with Crippen LogP contribution >= 0.6 is 0 Å².